The van der Waals surface area contributed by atoms with Crippen LogP contribution in [-0.2, 0) is 0 Å². The topological polar surface area (TPSA) is 69.1 Å². The summed E-state index contributed by atoms with van der Waals surface area (Å²) in [6, 6.07) is 10.1. The van der Waals surface area contributed by atoms with E-state index < -0.39 is 0 Å². The van der Waals surface area contributed by atoms with Crippen LogP contribution >= 0.6 is 0 Å². The molecule has 2 aliphatic heterocycles. The first-order chi connectivity index (χ1) is 15.3. The van der Waals surface area contributed by atoms with Crippen LogP contribution in [0.25, 0.3) is 0 Å². The number of hydrogen-bond acceptors (Lipinski definition) is 6. The average molecular weight is 424 g/mol. The van der Waals surface area contributed by atoms with Gasteiger partial charge in [-0.25, -0.2) is 9.97 Å². The standard InChI is InChI=1S/C23H33N7O/c1-3-24-22(28-13-15-29(16-14-28)23-25-10-6-11-26-23)27-17-19-9-12-30(18-19)20-7-4-5-8-21(20)31-2/h4-8,10-11,19H,3,9,12-18H2,1-2H3,(H,24,27). The minimum atomic E-state index is 0.553. The molecule has 31 heavy (non-hydrogen) atoms. The van der Waals surface area contributed by atoms with Gasteiger partial charge >= 0.3 is 0 Å². The van der Waals surface area contributed by atoms with Crippen LogP contribution < -0.4 is 19.9 Å². The van der Waals surface area contributed by atoms with Crippen molar-refractivity contribution in [1.82, 2.24) is 20.2 Å². The fourth-order valence-corrected chi connectivity index (χ4v) is 4.31. The van der Waals surface area contributed by atoms with Crippen molar-refractivity contribution in [3.05, 3.63) is 42.7 Å². The SMILES string of the molecule is CCNC(=NCC1CCN(c2ccccc2OC)C1)N1CCN(c2ncccn2)CC1. The van der Waals surface area contributed by atoms with Crippen molar-refractivity contribution in [3.8, 4) is 5.75 Å². The van der Waals surface area contributed by atoms with E-state index in [1.165, 1.54) is 5.69 Å². The van der Waals surface area contributed by atoms with E-state index in [2.05, 4.69) is 49.0 Å². The second-order valence-corrected chi connectivity index (χ2v) is 7.99. The fourth-order valence-electron chi connectivity index (χ4n) is 4.31. The summed E-state index contributed by atoms with van der Waals surface area (Å²) in [5, 5.41) is 3.48. The van der Waals surface area contributed by atoms with Crippen LogP contribution in [0.2, 0.25) is 0 Å². The summed E-state index contributed by atoms with van der Waals surface area (Å²) in [7, 11) is 1.74. The van der Waals surface area contributed by atoms with Gasteiger partial charge in [0.1, 0.15) is 5.75 Å². The van der Waals surface area contributed by atoms with Gasteiger partial charge in [0.25, 0.3) is 0 Å². The Hall–Kier alpha value is -3.03. The smallest absolute Gasteiger partial charge is 0.225 e. The predicted molar refractivity (Wildman–Crippen MR) is 125 cm³/mol. The maximum Gasteiger partial charge on any atom is 0.225 e. The lowest BCUT2D eigenvalue weighted by molar-refractivity contribution is 0.369. The highest BCUT2D eigenvalue weighted by Crippen LogP contribution is 2.32. The molecular weight excluding hydrogens is 390 g/mol. The van der Waals surface area contributed by atoms with Gasteiger partial charge in [0.2, 0.25) is 5.95 Å². The lowest BCUT2D eigenvalue weighted by atomic mass is 10.1. The highest BCUT2D eigenvalue weighted by atomic mass is 16.5. The van der Waals surface area contributed by atoms with Gasteiger partial charge in [0, 0.05) is 64.8 Å². The summed E-state index contributed by atoms with van der Waals surface area (Å²) in [6.07, 6.45) is 4.76. The number of nitrogens with one attached hydrogen (secondary N) is 1. The molecule has 1 atom stereocenters. The van der Waals surface area contributed by atoms with E-state index in [0.717, 1.165) is 76.4 Å². The number of methoxy groups -OCH3 is 1. The first kappa shape index (κ1) is 21.2. The van der Waals surface area contributed by atoms with Gasteiger partial charge in [0.15, 0.2) is 5.96 Å². The van der Waals surface area contributed by atoms with E-state index in [1.807, 2.05) is 18.2 Å². The number of guanidine groups is 1. The van der Waals surface area contributed by atoms with Gasteiger partial charge in [-0.15, -0.1) is 0 Å². The van der Waals surface area contributed by atoms with Crippen LogP contribution in [0, 0.1) is 5.92 Å². The summed E-state index contributed by atoms with van der Waals surface area (Å²) in [5.41, 5.74) is 1.18. The average Bonchev–Trinajstić information content (AvgIpc) is 3.31. The quantitative estimate of drug-likeness (QED) is 0.564. The van der Waals surface area contributed by atoms with Crippen LogP contribution in [0.15, 0.2) is 47.7 Å². The molecule has 3 heterocycles. The van der Waals surface area contributed by atoms with Crippen LogP contribution in [-0.4, -0.2) is 80.3 Å². The second-order valence-electron chi connectivity index (χ2n) is 7.99. The summed E-state index contributed by atoms with van der Waals surface area (Å²) >= 11 is 0. The first-order valence-electron chi connectivity index (χ1n) is 11.2. The van der Waals surface area contributed by atoms with Crippen molar-refractivity contribution < 1.29 is 4.74 Å². The summed E-state index contributed by atoms with van der Waals surface area (Å²) < 4.78 is 5.54. The number of rotatable bonds is 6. The molecule has 0 bridgehead atoms. The molecule has 1 unspecified atom stereocenters. The normalized spacial score (nSPS) is 19.6. The van der Waals surface area contributed by atoms with Crippen molar-refractivity contribution in [2.75, 3.05) is 69.3 Å². The largest absolute Gasteiger partial charge is 0.495 e. The third kappa shape index (κ3) is 5.18. The van der Waals surface area contributed by atoms with Gasteiger partial charge in [-0.3, -0.25) is 4.99 Å². The molecule has 0 spiro atoms. The maximum absolute atomic E-state index is 5.54. The molecule has 1 N–H and O–H groups in total. The van der Waals surface area contributed by atoms with Crippen LogP contribution in [0.4, 0.5) is 11.6 Å². The zero-order valence-corrected chi connectivity index (χ0v) is 18.6. The molecule has 0 saturated carbocycles. The van der Waals surface area contributed by atoms with Gasteiger partial charge < -0.3 is 24.8 Å². The molecule has 8 nitrogen and oxygen atoms in total. The monoisotopic (exact) mass is 423 g/mol. The number of benzene rings is 1. The molecule has 8 heteroatoms. The molecule has 2 aliphatic rings. The molecule has 0 radical (unpaired) electrons. The number of anilines is 2. The first-order valence-corrected chi connectivity index (χ1v) is 11.2. The number of piperazine rings is 1. The molecule has 2 fully saturated rings. The van der Waals surface area contributed by atoms with E-state index in [-0.39, 0.29) is 0 Å². The molecule has 1 aromatic heterocycles. The highest BCUT2D eigenvalue weighted by Gasteiger charge is 2.25. The van der Waals surface area contributed by atoms with E-state index in [9.17, 15) is 0 Å². The number of nitrogens with zero attached hydrogens (tertiary/aromatic N) is 6. The number of para-hydroxylation sites is 2. The zero-order valence-electron chi connectivity index (χ0n) is 18.6. The minimum Gasteiger partial charge on any atom is -0.495 e. The van der Waals surface area contributed by atoms with Gasteiger partial charge in [-0.1, -0.05) is 12.1 Å². The van der Waals surface area contributed by atoms with E-state index in [4.69, 9.17) is 9.73 Å². The van der Waals surface area contributed by atoms with Crippen molar-refractivity contribution in [2.45, 2.75) is 13.3 Å². The number of aliphatic imine (C=N–C) groups is 1. The summed E-state index contributed by atoms with van der Waals surface area (Å²) in [6.45, 7) is 9.55. The molecule has 2 saturated heterocycles. The van der Waals surface area contributed by atoms with Crippen molar-refractivity contribution in [1.29, 1.82) is 0 Å². The molecule has 2 aromatic rings. The highest BCUT2D eigenvalue weighted by molar-refractivity contribution is 5.80. The fraction of sp³-hybridized carbons (Fsp3) is 0.522. The third-order valence-corrected chi connectivity index (χ3v) is 5.96. The van der Waals surface area contributed by atoms with Crippen molar-refractivity contribution in [3.63, 3.8) is 0 Å². The van der Waals surface area contributed by atoms with E-state index in [1.54, 1.807) is 19.5 Å². The van der Waals surface area contributed by atoms with Crippen LogP contribution in [0.1, 0.15) is 13.3 Å². The molecule has 4 rings (SSSR count). The van der Waals surface area contributed by atoms with Crippen LogP contribution in [0.5, 0.6) is 5.75 Å². The van der Waals surface area contributed by atoms with Gasteiger partial charge in [0.05, 0.1) is 12.8 Å². The molecule has 0 amide bonds. The number of hydrogen-bond donors (Lipinski definition) is 1. The third-order valence-electron chi connectivity index (χ3n) is 5.96. The predicted octanol–water partition coefficient (Wildman–Crippen LogP) is 2.10. The van der Waals surface area contributed by atoms with Gasteiger partial charge in [-0.2, -0.15) is 0 Å². The minimum absolute atomic E-state index is 0.553. The second kappa shape index (κ2) is 10.3. The van der Waals surface area contributed by atoms with Crippen molar-refractivity contribution in [2.24, 2.45) is 10.9 Å². The maximum atomic E-state index is 5.54. The number of aromatic nitrogens is 2. The Morgan fingerprint density at radius 3 is 2.58 bits per heavy atom. The Labute approximate surface area is 184 Å². The van der Waals surface area contributed by atoms with E-state index in [0.29, 0.717) is 5.92 Å². The Balaban J connectivity index is 1.33. The molecular formula is C23H33N7O. The summed E-state index contributed by atoms with van der Waals surface area (Å²) in [5.74, 6) is 3.33. The van der Waals surface area contributed by atoms with Crippen molar-refractivity contribution >= 4 is 17.6 Å². The molecule has 0 aliphatic carbocycles. The molecule has 1 aromatic carbocycles. The Morgan fingerprint density at radius 1 is 1.06 bits per heavy atom. The van der Waals surface area contributed by atoms with Crippen LogP contribution in [0.3, 0.4) is 0 Å². The number of ether oxygens (including phenoxy) is 1. The zero-order chi connectivity index (χ0) is 21.5. The Bertz CT molecular complexity index is 852. The van der Waals surface area contributed by atoms with E-state index >= 15 is 0 Å². The lowest BCUT2D eigenvalue weighted by Gasteiger charge is -2.36. The molecule has 166 valence electrons. The Morgan fingerprint density at radius 2 is 1.84 bits per heavy atom. The lowest BCUT2D eigenvalue weighted by Crippen LogP contribution is -2.53. The summed E-state index contributed by atoms with van der Waals surface area (Å²) in [4.78, 5) is 20.8. The van der Waals surface area contributed by atoms with Gasteiger partial charge in [-0.05, 0) is 37.5 Å². The Kier molecular flexibility index (Phi) is 7.07.